The lowest BCUT2D eigenvalue weighted by Gasteiger charge is -2.13. The first kappa shape index (κ1) is 15.7. The quantitative estimate of drug-likeness (QED) is 0.880. The van der Waals surface area contributed by atoms with E-state index in [9.17, 15) is 4.79 Å². The SMILES string of the molecule is CCc1ccccc1NC(=O)Nc1ccc(OC)cc1OC. The molecule has 2 aromatic carbocycles. The molecule has 0 spiro atoms. The van der Waals surface area contributed by atoms with E-state index >= 15 is 0 Å². The summed E-state index contributed by atoms with van der Waals surface area (Å²) in [6.45, 7) is 2.05. The molecule has 2 aromatic rings. The average molecular weight is 300 g/mol. The van der Waals surface area contributed by atoms with Crippen LogP contribution in [0.5, 0.6) is 11.5 Å². The molecule has 5 nitrogen and oxygen atoms in total. The van der Waals surface area contributed by atoms with Crippen molar-refractivity contribution in [2.75, 3.05) is 24.9 Å². The highest BCUT2D eigenvalue weighted by Gasteiger charge is 2.10. The van der Waals surface area contributed by atoms with Gasteiger partial charge in [0.1, 0.15) is 11.5 Å². The normalized spacial score (nSPS) is 9.95. The highest BCUT2D eigenvalue weighted by Crippen LogP contribution is 2.29. The fourth-order valence-corrected chi connectivity index (χ4v) is 2.13. The second-order valence-electron chi connectivity index (χ2n) is 4.66. The Morgan fingerprint density at radius 1 is 1.00 bits per heavy atom. The Balaban J connectivity index is 2.12. The number of urea groups is 1. The first-order chi connectivity index (χ1) is 10.7. The van der Waals surface area contributed by atoms with Gasteiger partial charge in [0.05, 0.1) is 19.9 Å². The molecule has 0 aliphatic rings. The third-order valence-corrected chi connectivity index (χ3v) is 3.30. The van der Waals surface area contributed by atoms with Gasteiger partial charge in [-0.3, -0.25) is 0 Å². The lowest BCUT2D eigenvalue weighted by Crippen LogP contribution is -2.20. The highest BCUT2D eigenvalue weighted by atomic mass is 16.5. The zero-order valence-electron chi connectivity index (χ0n) is 13.0. The zero-order chi connectivity index (χ0) is 15.9. The molecule has 0 atom stereocenters. The molecule has 0 saturated heterocycles. The largest absolute Gasteiger partial charge is 0.497 e. The smallest absolute Gasteiger partial charge is 0.323 e. The fraction of sp³-hybridized carbons (Fsp3) is 0.235. The molecular formula is C17H20N2O3. The molecule has 116 valence electrons. The maximum absolute atomic E-state index is 12.2. The van der Waals surface area contributed by atoms with Crippen molar-refractivity contribution >= 4 is 17.4 Å². The van der Waals surface area contributed by atoms with Gasteiger partial charge in [-0.25, -0.2) is 4.79 Å². The van der Waals surface area contributed by atoms with Crippen LogP contribution < -0.4 is 20.1 Å². The van der Waals surface area contributed by atoms with Crippen LogP contribution in [-0.2, 0) is 6.42 Å². The molecule has 5 heteroatoms. The van der Waals surface area contributed by atoms with Crippen molar-refractivity contribution in [2.24, 2.45) is 0 Å². The maximum Gasteiger partial charge on any atom is 0.323 e. The van der Waals surface area contributed by atoms with E-state index in [1.165, 1.54) is 0 Å². The van der Waals surface area contributed by atoms with Gasteiger partial charge < -0.3 is 20.1 Å². The molecule has 2 rings (SSSR count). The van der Waals surface area contributed by atoms with Crippen molar-refractivity contribution in [3.63, 3.8) is 0 Å². The Morgan fingerprint density at radius 3 is 2.41 bits per heavy atom. The predicted octanol–water partition coefficient (Wildman–Crippen LogP) is 3.91. The van der Waals surface area contributed by atoms with Crippen LogP contribution in [0, 0.1) is 0 Å². The van der Waals surface area contributed by atoms with Gasteiger partial charge in [-0.15, -0.1) is 0 Å². The van der Waals surface area contributed by atoms with Crippen LogP contribution in [-0.4, -0.2) is 20.3 Å². The molecular weight excluding hydrogens is 280 g/mol. The second-order valence-corrected chi connectivity index (χ2v) is 4.66. The van der Waals surface area contributed by atoms with Gasteiger partial charge >= 0.3 is 6.03 Å². The first-order valence-corrected chi connectivity index (χ1v) is 7.05. The number of hydrogen-bond donors (Lipinski definition) is 2. The molecule has 0 aliphatic heterocycles. The summed E-state index contributed by atoms with van der Waals surface area (Å²) in [5, 5.41) is 5.63. The lowest BCUT2D eigenvalue weighted by molar-refractivity contribution is 0.262. The second kappa shape index (κ2) is 7.36. The Hall–Kier alpha value is -2.69. The average Bonchev–Trinajstić information content (AvgIpc) is 2.55. The zero-order valence-corrected chi connectivity index (χ0v) is 13.0. The molecule has 0 saturated carbocycles. The maximum atomic E-state index is 12.2. The first-order valence-electron chi connectivity index (χ1n) is 7.05. The van der Waals surface area contributed by atoms with Crippen LogP contribution in [0.25, 0.3) is 0 Å². The summed E-state index contributed by atoms with van der Waals surface area (Å²) in [5.41, 5.74) is 2.46. The molecule has 0 fully saturated rings. The molecule has 0 heterocycles. The lowest BCUT2D eigenvalue weighted by atomic mass is 10.1. The number of amides is 2. The number of rotatable bonds is 5. The Kier molecular flexibility index (Phi) is 5.25. The van der Waals surface area contributed by atoms with Gasteiger partial charge in [0, 0.05) is 11.8 Å². The van der Waals surface area contributed by atoms with E-state index in [-0.39, 0.29) is 6.03 Å². The van der Waals surface area contributed by atoms with Crippen molar-refractivity contribution < 1.29 is 14.3 Å². The van der Waals surface area contributed by atoms with Crippen LogP contribution in [0.1, 0.15) is 12.5 Å². The summed E-state index contributed by atoms with van der Waals surface area (Å²) in [4.78, 5) is 12.2. The summed E-state index contributed by atoms with van der Waals surface area (Å²) >= 11 is 0. The number of methoxy groups -OCH3 is 2. The number of hydrogen-bond acceptors (Lipinski definition) is 3. The summed E-state index contributed by atoms with van der Waals surface area (Å²) in [7, 11) is 3.13. The van der Waals surface area contributed by atoms with Crippen molar-refractivity contribution in [2.45, 2.75) is 13.3 Å². The van der Waals surface area contributed by atoms with E-state index in [1.807, 2.05) is 31.2 Å². The summed E-state index contributed by atoms with van der Waals surface area (Å²) in [6, 6.07) is 12.6. The van der Waals surface area contributed by atoms with Crippen LogP contribution in [0.2, 0.25) is 0 Å². The predicted molar refractivity (Wildman–Crippen MR) is 88.0 cm³/mol. The van der Waals surface area contributed by atoms with Gasteiger partial charge in [0.25, 0.3) is 0 Å². The summed E-state index contributed by atoms with van der Waals surface area (Å²) < 4.78 is 10.4. The highest BCUT2D eigenvalue weighted by molar-refractivity contribution is 6.01. The van der Waals surface area contributed by atoms with Gasteiger partial charge in [-0.1, -0.05) is 25.1 Å². The van der Waals surface area contributed by atoms with Gasteiger partial charge in [-0.05, 0) is 30.2 Å². The van der Waals surface area contributed by atoms with E-state index in [2.05, 4.69) is 10.6 Å². The number of benzene rings is 2. The minimum Gasteiger partial charge on any atom is -0.497 e. The van der Waals surface area contributed by atoms with Crippen molar-refractivity contribution in [1.29, 1.82) is 0 Å². The van der Waals surface area contributed by atoms with Gasteiger partial charge in [0.15, 0.2) is 0 Å². The van der Waals surface area contributed by atoms with E-state index in [1.54, 1.807) is 32.4 Å². The number of aryl methyl sites for hydroxylation is 1. The molecule has 22 heavy (non-hydrogen) atoms. The van der Waals surface area contributed by atoms with E-state index in [0.717, 1.165) is 17.7 Å². The Bertz CT molecular complexity index is 656. The number of nitrogens with one attached hydrogen (secondary N) is 2. The number of carbonyl (C=O) groups excluding carboxylic acids is 1. The molecule has 0 radical (unpaired) electrons. The van der Waals surface area contributed by atoms with Crippen molar-refractivity contribution in [1.82, 2.24) is 0 Å². The third kappa shape index (κ3) is 3.69. The monoisotopic (exact) mass is 300 g/mol. The molecule has 2 N–H and O–H groups in total. The molecule has 0 aliphatic carbocycles. The standard InChI is InChI=1S/C17H20N2O3/c1-4-12-7-5-6-8-14(12)18-17(20)19-15-10-9-13(21-2)11-16(15)22-3/h5-11H,4H2,1-3H3,(H2,18,19,20). The topological polar surface area (TPSA) is 59.6 Å². The van der Waals surface area contributed by atoms with Crippen LogP contribution >= 0.6 is 0 Å². The minimum atomic E-state index is -0.315. The van der Waals surface area contributed by atoms with Crippen LogP contribution in [0.4, 0.5) is 16.2 Å². The van der Waals surface area contributed by atoms with E-state index in [4.69, 9.17) is 9.47 Å². The van der Waals surface area contributed by atoms with E-state index < -0.39 is 0 Å². The number of para-hydroxylation sites is 1. The molecule has 2 amide bonds. The fourth-order valence-electron chi connectivity index (χ4n) is 2.13. The summed E-state index contributed by atoms with van der Waals surface area (Å²) in [6.07, 6.45) is 0.850. The molecule has 0 aromatic heterocycles. The third-order valence-electron chi connectivity index (χ3n) is 3.30. The number of carbonyl (C=O) groups is 1. The van der Waals surface area contributed by atoms with Gasteiger partial charge in [0.2, 0.25) is 0 Å². The van der Waals surface area contributed by atoms with Crippen LogP contribution in [0.3, 0.4) is 0 Å². The number of ether oxygens (including phenoxy) is 2. The van der Waals surface area contributed by atoms with Crippen molar-refractivity contribution in [3.8, 4) is 11.5 Å². The number of anilines is 2. The van der Waals surface area contributed by atoms with Gasteiger partial charge in [-0.2, -0.15) is 0 Å². The molecule has 0 unspecified atom stereocenters. The van der Waals surface area contributed by atoms with Crippen molar-refractivity contribution in [3.05, 3.63) is 48.0 Å². The Morgan fingerprint density at radius 2 is 1.73 bits per heavy atom. The van der Waals surface area contributed by atoms with Crippen LogP contribution in [0.15, 0.2) is 42.5 Å². The molecule has 0 bridgehead atoms. The Labute approximate surface area is 130 Å². The minimum absolute atomic E-state index is 0.315. The van der Waals surface area contributed by atoms with E-state index in [0.29, 0.717) is 17.2 Å². The summed E-state index contributed by atoms with van der Waals surface area (Å²) in [5.74, 6) is 1.21.